The number of pyridine rings is 1. The Labute approximate surface area is 193 Å². The first kappa shape index (κ1) is 24.1. The molecule has 33 heavy (non-hydrogen) atoms. The summed E-state index contributed by atoms with van der Waals surface area (Å²) in [6.07, 6.45) is 1.90. The molecule has 8 nitrogen and oxygen atoms in total. The molecule has 1 aliphatic rings. The molecular weight excluding hydrogens is 422 g/mol. The summed E-state index contributed by atoms with van der Waals surface area (Å²) in [5.41, 5.74) is 3.13. The molecule has 8 heteroatoms. The van der Waals surface area contributed by atoms with Gasteiger partial charge in [0.1, 0.15) is 12.1 Å². The number of benzene rings is 1. The number of hydrogen-bond donors (Lipinski definition) is 1. The number of amides is 2. The monoisotopic (exact) mass is 451 g/mol. The van der Waals surface area contributed by atoms with Gasteiger partial charge in [-0.15, -0.1) is 0 Å². The lowest BCUT2D eigenvalue weighted by molar-refractivity contribution is -0.157. The number of piperidine rings is 1. The highest BCUT2D eigenvalue weighted by Crippen LogP contribution is 2.22. The Balaban J connectivity index is 1.62. The summed E-state index contributed by atoms with van der Waals surface area (Å²) in [6.45, 7) is 7.20. The van der Waals surface area contributed by atoms with Crippen LogP contribution >= 0.6 is 0 Å². The minimum absolute atomic E-state index is 0.0867. The van der Waals surface area contributed by atoms with Crippen LogP contribution in [0.25, 0.3) is 11.1 Å². The maximum atomic E-state index is 12.9. The molecule has 1 atom stereocenters. The Morgan fingerprint density at radius 2 is 1.76 bits per heavy atom. The second-order valence-electron chi connectivity index (χ2n) is 9.10. The minimum Gasteiger partial charge on any atom is -0.459 e. The fourth-order valence-electron chi connectivity index (χ4n) is 3.54. The average molecular weight is 452 g/mol. The number of hydrogen-bond acceptors (Lipinski definition) is 6. The van der Waals surface area contributed by atoms with Crippen molar-refractivity contribution in [1.82, 2.24) is 15.2 Å². The van der Waals surface area contributed by atoms with Gasteiger partial charge in [0.25, 0.3) is 0 Å². The lowest BCUT2D eigenvalue weighted by Gasteiger charge is -2.31. The number of ketones is 1. The number of esters is 1. The second kappa shape index (κ2) is 9.94. The van der Waals surface area contributed by atoms with Gasteiger partial charge in [0.2, 0.25) is 11.8 Å². The van der Waals surface area contributed by atoms with E-state index in [-0.39, 0.29) is 19.5 Å². The van der Waals surface area contributed by atoms with Crippen LogP contribution in [0.15, 0.2) is 42.6 Å². The topological polar surface area (TPSA) is 106 Å². The molecule has 3 rings (SSSR count). The first-order valence-corrected chi connectivity index (χ1v) is 10.9. The van der Waals surface area contributed by atoms with E-state index >= 15 is 0 Å². The number of Topliss-reactive ketones (excluding diaryl/α,β-unsaturated/α-hetero) is 1. The number of rotatable bonds is 6. The van der Waals surface area contributed by atoms with E-state index in [4.69, 9.17) is 4.74 Å². The van der Waals surface area contributed by atoms with Crippen molar-refractivity contribution >= 4 is 23.6 Å². The van der Waals surface area contributed by atoms with Gasteiger partial charge in [0.05, 0.1) is 0 Å². The van der Waals surface area contributed by atoms with Crippen molar-refractivity contribution in [3.63, 3.8) is 0 Å². The number of nitrogens with zero attached hydrogens (tertiary/aromatic N) is 2. The number of ether oxygens (including phenoxy) is 1. The number of carbonyl (C=O) groups excluding carboxylic acids is 4. The zero-order valence-corrected chi connectivity index (χ0v) is 19.4. The molecule has 0 spiro atoms. The van der Waals surface area contributed by atoms with Crippen LogP contribution in [0.2, 0.25) is 0 Å². The predicted octanol–water partition coefficient (Wildman–Crippen LogP) is 2.43. The highest BCUT2D eigenvalue weighted by molar-refractivity contribution is 6.19. The summed E-state index contributed by atoms with van der Waals surface area (Å²) in [5.74, 6) is -3.85. The summed E-state index contributed by atoms with van der Waals surface area (Å²) in [7, 11) is 0. The van der Waals surface area contributed by atoms with Crippen molar-refractivity contribution in [3.8, 4) is 11.1 Å². The van der Waals surface area contributed by atoms with E-state index in [1.54, 1.807) is 20.8 Å². The van der Waals surface area contributed by atoms with Crippen LogP contribution in [0.1, 0.15) is 38.4 Å². The fourth-order valence-corrected chi connectivity index (χ4v) is 3.54. The number of likely N-dealkylation sites (tertiary alicyclic amines) is 1. The quantitative estimate of drug-likeness (QED) is 0.534. The van der Waals surface area contributed by atoms with Gasteiger partial charge in [-0.2, -0.15) is 0 Å². The van der Waals surface area contributed by atoms with Crippen molar-refractivity contribution in [2.75, 3.05) is 13.1 Å². The van der Waals surface area contributed by atoms with E-state index < -0.39 is 41.6 Å². The van der Waals surface area contributed by atoms with Gasteiger partial charge in [0, 0.05) is 37.0 Å². The Hall–Kier alpha value is -3.55. The van der Waals surface area contributed by atoms with Crippen molar-refractivity contribution in [3.05, 3.63) is 53.9 Å². The highest BCUT2D eigenvalue weighted by atomic mass is 16.6. The third kappa shape index (κ3) is 6.47. The van der Waals surface area contributed by atoms with Crippen molar-refractivity contribution in [1.29, 1.82) is 0 Å². The molecule has 1 N–H and O–H groups in total. The summed E-state index contributed by atoms with van der Waals surface area (Å²) in [6, 6.07) is 11.7. The van der Waals surface area contributed by atoms with Gasteiger partial charge < -0.3 is 15.0 Å². The molecule has 0 radical (unpaired) electrons. The standard InChI is InChI=1S/C25H29N3O5/c1-16-5-8-19(13-26-16)18-9-6-17(7-10-18)15-28-12-11-20(29)22(24(28)32)23(31)27-14-21(30)33-25(2,3)4/h5-10,13,22H,11-12,14-15H2,1-4H3,(H,27,31). The van der Waals surface area contributed by atoms with Gasteiger partial charge in [-0.25, -0.2) is 0 Å². The van der Waals surface area contributed by atoms with Gasteiger partial charge in [-0.1, -0.05) is 30.3 Å². The minimum atomic E-state index is -1.45. The number of nitrogens with one attached hydrogen (secondary N) is 1. The molecule has 2 aromatic rings. The molecule has 1 aliphatic heterocycles. The van der Waals surface area contributed by atoms with Crippen LogP contribution in [0.3, 0.4) is 0 Å². The number of aryl methyl sites for hydroxylation is 1. The molecule has 0 bridgehead atoms. The largest absolute Gasteiger partial charge is 0.459 e. The summed E-state index contributed by atoms with van der Waals surface area (Å²) in [4.78, 5) is 55.4. The zero-order valence-electron chi connectivity index (χ0n) is 19.4. The van der Waals surface area contributed by atoms with Crippen LogP contribution in [-0.4, -0.2) is 52.1 Å². The van der Waals surface area contributed by atoms with E-state index in [0.29, 0.717) is 0 Å². The van der Waals surface area contributed by atoms with E-state index in [1.165, 1.54) is 4.90 Å². The third-order valence-corrected chi connectivity index (χ3v) is 5.17. The number of aromatic nitrogens is 1. The number of carbonyl (C=O) groups is 4. The zero-order chi connectivity index (χ0) is 24.2. The Morgan fingerprint density at radius 1 is 1.09 bits per heavy atom. The molecule has 2 heterocycles. The lowest BCUT2D eigenvalue weighted by atomic mass is 9.94. The van der Waals surface area contributed by atoms with Crippen LogP contribution in [0, 0.1) is 12.8 Å². The van der Waals surface area contributed by atoms with E-state index in [2.05, 4.69) is 10.3 Å². The van der Waals surface area contributed by atoms with Crippen molar-refractivity contribution in [2.45, 2.75) is 46.3 Å². The predicted molar refractivity (Wildman–Crippen MR) is 122 cm³/mol. The average Bonchev–Trinajstić information content (AvgIpc) is 2.74. The molecule has 2 amide bonds. The van der Waals surface area contributed by atoms with Crippen LogP contribution in [-0.2, 0) is 30.5 Å². The van der Waals surface area contributed by atoms with Crippen LogP contribution in [0.5, 0.6) is 0 Å². The molecule has 1 aromatic carbocycles. The van der Waals surface area contributed by atoms with Crippen molar-refractivity contribution in [2.24, 2.45) is 5.92 Å². The molecule has 1 saturated heterocycles. The van der Waals surface area contributed by atoms with E-state index in [0.717, 1.165) is 22.4 Å². The van der Waals surface area contributed by atoms with Gasteiger partial charge in [-0.3, -0.25) is 24.2 Å². The van der Waals surface area contributed by atoms with Crippen LogP contribution < -0.4 is 5.32 Å². The Kier molecular flexibility index (Phi) is 7.26. The molecule has 1 unspecified atom stereocenters. The molecule has 1 aromatic heterocycles. The fraction of sp³-hybridized carbons (Fsp3) is 0.400. The molecule has 0 aliphatic carbocycles. The molecule has 174 valence electrons. The molecular formula is C25H29N3O5. The lowest BCUT2D eigenvalue weighted by Crippen LogP contribution is -2.52. The van der Waals surface area contributed by atoms with Gasteiger partial charge in [-0.05, 0) is 44.9 Å². The summed E-state index contributed by atoms with van der Waals surface area (Å²) in [5, 5.41) is 2.36. The van der Waals surface area contributed by atoms with Crippen molar-refractivity contribution < 1.29 is 23.9 Å². The highest BCUT2D eigenvalue weighted by Gasteiger charge is 2.40. The SMILES string of the molecule is Cc1ccc(-c2ccc(CN3CCC(=O)C(C(=O)NCC(=O)OC(C)(C)C)C3=O)cc2)cn1. The Morgan fingerprint density at radius 3 is 2.36 bits per heavy atom. The van der Waals surface area contributed by atoms with Gasteiger partial charge >= 0.3 is 5.97 Å². The second-order valence-corrected chi connectivity index (χ2v) is 9.10. The van der Waals surface area contributed by atoms with Crippen LogP contribution in [0.4, 0.5) is 0 Å². The van der Waals surface area contributed by atoms with E-state index in [1.807, 2.05) is 49.5 Å². The summed E-state index contributed by atoms with van der Waals surface area (Å²) >= 11 is 0. The summed E-state index contributed by atoms with van der Waals surface area (Å²) < 4.78 is 5.14. The maximum Gasteiger partial charge on any atom is 0.325 e. The molecule has 0 saturated carbocycles. The first-order valence-electron chi connectivity index (χ1n) is 10.9. The third-order valence-electron chi connectivity index (χ3n) is 5.17. The van der Waals surface area contributed by atoms with Gasteiger partial charge in [0.15, 0.2) is 11.7 Å². The first-order chi connectivity index (χ1) is 15.5. The Bertz CT molecular complexity index is 1040. The smallest absolute Gasteiger partial charge is 0.325 e. The maximum absolute atomic E-state index is 12.9. The van der Waals surface area contributed by atoms with E-state index in [9.17, 15) is 19.2 Å². The normalized spacial score (nSPS) is 16.5. The molecule has 1 fully saturated rings.